The van der Waals surface area contributed by atoms with E-state index in [2.05, 4.69) is 6.58 Å². The van der Waals surface area contributed by atoms with Crippen LogP contribution in [-0.4, -0.2) is 39.4 Å². The molecule has 0 aromatic rings. The lowest BCUT2D eigenvalue weighted by Crippen LogP contribution is -2.50. The molecule has 0 spiro atoms. The van der Waals surface area contributed by atoms with Crippen molar-refractivity contribution in [3.63, 3.8) is 0 Å². The molecule has 2 fully saturated rings. The highest BCUT2D eigenvalue weighted by atomic mass is 16.6. The Labute approximate surface area is 134 Å². The maximum absolute atomic E-state index is 10.6. The second-order valence-corrected chi connectivity index (χ2v) is 8.55. The summed E-state index contributed by atoms with van der Waals surface area (Å²) in [5.74, 6) is 1.24. The molecule has 2 saturated carbocycles. The molecule has 22 heavy (non-hydrogen) atoms. The van der Waals surface area contributed by atoms with Crippen LogP contribution < -0.4 is 0 Å². The molecule has 2 rings (SSSR count). The zero-order valence-electron chi connectivity index (χ0n) is 14.5. The molecular formula is C18H32O4. The lowest BCUT2D eigenvalue weighted by molar-refractivity contribution is -0.133. The minimum Gasteiger partial charge on any atom is -0.390 e. The van der Waals surface area contributed by atoms with Crippen molar-refractivity contribution in [3.8, 4) is 0 Å². The van der Waals surface area contributed by atoms with Gasteiger partial charge in [0.2, 0.25) is 0 Å². The van der Waals surface area contributed by atoms with Crippen LogP contribution in [0.3, 0.4) is 0 Å². The number of fused-ring (bicyclic) bond motifs is 2. The highest BCUT2D eigenvalue weighted by Crippen LogP contribution is 2.61. The molecule has 0 heterocycles. The highest BCUT2D eigenvalue weighted by Gasteiger charge is 2.60. The number of hydrogen-bond donors (Lipinski definition) is 3. The fraction of sp³-hybridized carbons (Fsp3) is 0.889. The molecule has 4 nitrogen and oxygen atoms in total. The van der Waals surface area contributed by atoms with Crippen LogP contribution in [0.5, 0.6) is 0 Å². The Morgan fingerprint density at radius 1 is 1.14 bits per heavy atom. The molecule has 0 saturated heterocycles. The van der Waals surface area contributed by atoms with E-state index in [0.717, 1.165) is 12.8 Å². The Morgan fingerprint density at radius 3 is 2.14 bits per heavy atom. The largest absolute Gasteiger partial charge is 0.390 e. The maximum atomic E-state index is 10.6. The molecule has 6 atom stereocenters. The van der Waals surface area contributed by atoms with Gasteiger partial charge in [-0.2, -0.15) is 0 Å². The standard InChI is InChI=1S/C18H32O4/c1-10(2)16(19)22-9-12-7-11-8-13(12)15(18(5,6)21)14(11)17(3,4)20/h11-16,19-21H,1,7-9H2,2-6H3/t11-,12+,13-,14+,15-,16?/m0/s1. The van der Waals surface area contributed by atoms with Crippen LogP contribution in [-0.2, 0) is 4.74 Å². The Hall–Kier alpha value is -0.420. The van der Waals surface area contributed by atoms with Crippen molar-refractivity contribution in [2.75, 3.05) is 6.61 Å². The van der Waals surface area contributed by atoms with Crippen LogP contribution in [0.2, 0.25) is 0 Å². The number of rotatable bonds is 6. The summed E-state index contributed by atoms with van der Waals surface area (Å²) in [4.78, 5) is 0. The molecule has 128 valence electrons. The number of hydrogen-bond acceptors (Lipinski definition) is 4. The third-order valence-corrected chi connectivity index (χ3v) is 5.66. The second-order valence-electron chi connectivity index (χ2n) is 8.55. The van der Waals surface area contributed by atoms with Gasteiger partial charge >= 0.3 is 0 Å². The van der Waals surface area contributed by atoms with Gasteiger partial charge in [0.05, 0.1) is 17.8 Å². The summed E-state index contributed by atoms with van der Waals surface area (Å²) in [6, 6.07) is 0. The first kappa shape index (κ1) is 17.9. The summed E-state index contributed by atoms with van der Waals surface area (Å²) in [7, 11) is 0. The van der Waals surface area contributed by atoms with Gasteiger partial charge < -0.3 is 20.1 Å². The second kappa shape index (κ2) is 5.90. The van der Waals surface area contributed by atoms with E-state index < -0.39 is 17.5 Å². The van der Waals surface area contributed by atoms with Gasteiger partial charge in [-0.05, 0) is 82.6 Å². The summed E-state index contributed by atoms with van der Waals surface area (Å²) in [6.45, 7) is 13.3. The van der Waals surface area contributed by atoms with Gasteiger partial charge in [0.25, 0.3) is 0 Å². The lowest BCUT2D eigenvalue weighted by Gasteiger charge is -2.46. The Balaban J connectivity index is 2.11. The predicted octanol–water partition coefficient (Wildman–Crippen LogP) is 2.33. The minimum atomic E-state index is -0.912. The zero-order chi connectivity index (χ0) is 16.9. The van der Waals surface area contributed by atoms with Crippen LogP contribution in [0.25, 0.3) is 0 Å². The molecule has 0 aromatic carbocycles. The number of ether oxygens (including phenoxy) is 1. The molecule has 0 aromatic heterocycles. The SMILES string of the molecule is C=C(C)C(O)OC[C@H]1C[C@H]2C[C@@H]1[C@H](C(C)(C)O)[C@@H]2C(C)(C)O. The Kier molecular flexibility index (Phi) is 4.80. The maximum Gasteiger partial charge on any atom is 0.176 e. The molecule has 3 N–H and O–H groups in total. The van der Waals surface area contributed by atoms with E-state index in [1.807, 2.05) is 27.7 Å². The van der Waals surface area contributed by atoms with Crippen molar-refractivity contribution in [1.82, 2.24) is 0 Å². The molecule has 0 aliphatic heterocycles. The number of aliphatic hydroxyl groups excluding tert-OH is 1. The van der Waals surface area contributed by atoms with Crippen molar-refractivity contribution < 1.29 is 20.1 Å². The summed E-state index contributed by atoms with van der Waals surface area (Å²) < 4.78 is 5.53. The molecule has 1 unspecified atom stereocenters. The summed E-state index contributed by atoms with van der Waals surface area (Å²) in [5, 5.41) is 31.0. The van der Waals surface area contributed by atoms with Gasteiger partial charge in [0, 0.05) is 0 Å². The Bertz CT molecular complexity index is 418. The van der Waals surface area contributed by atoms with Crippen LogP contribution in [0.15, 0.2) is 12.2 Å². The van der Waals surface area contributed by atoms with Crippen LogP contribution >= 0.6 is 0 Å². The molecule has 0 amide bonds. The third kappa shape index (κ3) is 3.40. The van der Waals surface area contributed by atoms with E-state index in [1.165, 1.54) is 0 Å². The van der Waals surface area contributed by atoms with Gasteiger partial charge in [-0.25, -0.2) is 0 Å². The van der Waals surface area contributed by atoms with E-state index in [-0.39, 0.29) is 11.8 Å². The fourth-order valence-electron chi connectivity index (χ4n) is 5.02. The topological polar surface area (TPSA) is 69.9 Å². The molecule has 2 aliphatic rings. The lowest BCUT2D eigenvalue weighted by atomic mass is 9.63. The van der Waals surface area contributed by atoms with E-state index in [9.17, 15) is 15.3 Å². The Morgan fingerprint density at radius 2 is 1.68 bits per heavy atom. The third-order valence-electron chi connectivity index (χ3n) is 5.66. The van der Waals surface area contributed by atoms with Crippen molar-refractivity contribution in [2.45, 2.75) is 65.0 Å². The van der Waals surface area contributed by atoms with Crippen molar-refractivity contribution in [1.29, 1.82) is 0 Å². The van der Waals surface area contributed by atoms with Crippen molar-refractivity contribution in [3.05, 3.63) is 12.2 Å². The predicted molar refractivity (Wildman–Crippen MR) is 86.1 cm³/mol. The normalized spacial score (nSPS) is 36.6. The van der Waals surface area contributed by atoms with E-state index in [4.69, 9.17) is 4.74 Å². The first-order valence-electron chi connectivity index (χ1n) is 8.32. The summed E-state index contributed by atoms with van der Waals surface area (Å²) in [6.07, 6.45) is 1.11. The van der Waals surface area contributed by atoms with Gasteiger partial charge in [-0.15, -0.1) is 0 Å². The van der Waals surface area contributed by atoms with E-state index in [1.54, 1.807) is 6.92 Å². The van der Waals surface area contributed by atoms with Gasteiger partial charge in [-0.1, -0.05) is 6.58 Å². The summed E-state index contributed by atoms with van der Waals surface area (Å²) >= 11 is 0. The molecule has 2 aliphatic carbocycles. The fourth-order valence-corrected chi connectivity index (χ4v) is 5.02. The van der Waals surface area contributed by atoms with E-state index >= 15 is 0 Å². The molecule has 0 radical (unpaired) electrons. The molecule has 2 bridgehead atoms. The van der Waals surface area contributed by atoms with Crippen molar-refractivity contribution in [2.24, 2.45) is 29.6 Å². The zero-order valence-corrected chi connectivity index (χ0v) is 14.5. The molecule has 4 heteroatoms. The van der Waals surface area contributed by atoms with Crippen molar-refractivity contribution >= 4 is 0 Å². The quantitative estimate of drug-likeness (QED) is 0.520. The van der Waals surface area contributed by atoms with Crippen LogP contribution in [0.4, 0.5) is 0 Å². The monoisotopic (exact) mass is 312 g/mol. The molecular weight excluding hydrogens is 280 g/mol. The van der Waals surface area contributed by atoms with Gasteiger partial charge in [0.1, 0.15) is 0 Å². The van der Waals surface area contributed by atoms with Gasteiger partial charge in [0.15, 0.2) is 6.29 Å². The average molecular weight is 312 g/mol. The minimum absolute atomic E-state index is 0.0572. The van der Waals surface area contributed by atoms with Gasteiger partial charge in [-0.3, -0.25) is 0 Å². The highest BCUT2D eigenvalue weighted by molar-refractivity contribution is 5.09. The smallest absolute Gasteiger partial charge is 0.176 e. The van der Waals surface area contributed by atoms with Crippen LogP contribution in [0.1, 0.15) is 47.5 Å². The first-order chi connectivity index (χ1) is 9.93. The van der Waals surface area contributed by atoms with Crippen LogP contribution in [0, 0.1) is 29.6 Å². The number of aliphatic hydroxyl groups is 3. The average Bonchev–Trinajstić information content (AvgIpc) is 2.90. The summed E-state index contributed by atoms with van der Waals surface area (Å²) in [5.41, 5.74) is -1.00. The van der Waals surface area contributed by atoms with E-state index in [0.29, 0.717) is 29.9 Å². The first-order valence-corrected chi connectivity index (χ1v) is 8.32.